The zero-order valence-electron chi connectivity index (χ0n) is 10.4. The maximum atomic E-state index is 11.5. The molecule has 0 bridgehead atoms. The highest BCUT2D eigenvalue weighted by molar-refractivity contribution is 7.99. The van der Waals surface area contributed by atoms with Crippen molar-refractivity contribution in [3.63, 3.8) is 0 Å². The van der Waals surface area contributed by atoms with Crippen LogP contribution in [0.25, 0.3) is 0 Å². The summed E-state index contributed by atoms with van der Waals surface area (Å²) in [5.74, 6) is -0.367. The molecule has 98 valence electrons. The molecule has 5 heteroatoms. The second kappa shape index (κ2) is 7.06. The third-order valence-electron chi connectivity index (χ3n) is 2.62. The molecule has 1 aromatic rings. The molecule has 0 saturated heterocycles. The van der Waals surface area contributed by atoms with Crippen LogP contribution in [0.15, 0.2) is 29.2 Å². The lowest BCUT2D eigenvalue weighted by molar-refractivity contribution is -0.120. The van der Waals surface area contributed by atoms with E-state index in [1.807, 2.05) is 31.2 Å². The Hall–Kier alpha value is -1.49. The monoisotopic (exact) mass is 266 g/mol. The van der Waals surface area contributed by atoms with Gasteiger partial charge in [0.05, 0.1) is 5.92 Å². The standard InChI is InChI=1S/C13H18N2O2S/c1-2-18-11-6-4-3-5-9(11)10(13(15)17)7-8-12(14)16/h3-6,10H,2,7-8H2,1H3,(H2,14,16)(H2,15,17). The fourth-order valence-corrected chi connectivity index (χ4v) is 2.66. The molecule has 4 N–H and O–H groups in total. The van der Waals surface area contributed by atoms with E-state index in [0.29, 0.717) is 6.42 Å². The summed E-state index contributed by atoms with van der Waals surface area (Å²) in [6, 6.07) is 7.64. The Bertz CT molecular complexity index is 435. The van der Waals surface area contributed by atoms with Gasteiger partial charge in [-0.3, -0.25) is 9.59 Å². The molecule has 4 nitrogen and oxygen atoms in total. The van der Waals surface area contributed by atoms with E-state index < -0.39 is 17.7 Å². The summed E-state index contributed by atoms with van der Waals surface area (Å²) in [6.45, 7) is 2.05. The SMILES string of the molecule is CCSc1ccccc1C(CCC(N)=O)C(N)=O. The average Bonchev–Trinajstić information content (AvgIpc) is 2.31. The number of nitrogens with two attached hydrogens (primary N) is 2. The number of amides is 2. The molecular formula is C13H18N2O2S. The molecule has 0 radical (unpaired) electrons. The molecule has 0 aliphatic heterocycles. The molecular weight excluding hydrogens is 248 g/mol. The number of carbonyl (C=O) groups is 2. The second-order valence-corrected chi connectivity index (χ2v) is 5.24. The van der Waals surface area contributed by atoms with E-state index in [1.54, 1.807) is 11.8 Å². The minimum Gasteiger partial charge on any atom is -0.370 e. The summed E-state index contributed by atoms with van der Waals surface area (Å²) in [4.78, 5) is 23.4. The maximum absolute atomic E-state index is 11.5. The fraction of sp³-hybridized carbons (Fsp3) is 0.385. The van der Waals surface area contributed by atoms with Crippen molar-refractivity contribution >= 4 is 23.6 Å². The lowest BCUT2D eigenvalue weighted by atomic mass is 9.93. The van der Waals surface area contributed by atoms with Crippen LogP contribution in [0.4, 0.5) is 0 Å². The van der Waals surface area contributed by atoms with Gasteiger partial charge in [-0.2, -0.15) is 0 Å². The van der Waals surface area contributed by atoms with Gasteiger partial charge in [-0.25, -0.2) is 0 Å². The molecule has 0 aliphatic rings. The predicted octanol–water partition coefficient (Wildman–Crippen LogP) is 1.63. The first-order valence-corrected chi connectivity index (χ1v) is 6.84. The highest BCUT2D eigenvalue weighted by Crippen LogP contribution is 2.31. The van der Waals surface area contributed by atoms with Gasteiger partial charge in [-0.05, 0) is 23.8 Å². The van der Waals surface area contributed by atoms with Crippen LogP contribution in [-0.2, 0) is 9.59 Å². The fourth-order valence-electron chi connectivity index (χ4n) is 1.79. The third kappa shape index (κ3) is 4.07. The summed E-state index contributed by atoms with van der Waals surface area (Å²) in [5.41, 5.74) is 11.4. The van der Waals surface area contributed by atoms with E-state index in [2.05, 4.69) is 0 Å². The normalized spacial score (nSPS) is 12.1. The van der Waals surface area contributed by atoms with Gasteiger partial charge in [0.15, 0.2) is 0 Å². The summed E-state index contributed by atoms with van der Waals surface area (Å²) in [7, 11) is 0. The summed E-state index contributed by atoms with van der Waals surface area (Å²) < 4.78 is 0. The van der Waals surface area contributed by atoms with Gasteiger partial charge in [0, 0.05) is 11.3 Å². The molecule has 1 aromatic carbocycles. The maximum Gasteiger partial charge on any atom is 0.225 e. The quantitative estimate of drug-likeness (QED) is 0.735. The summed E-state index contributed by atoms with van der Waals surface area (Å²) in [5, 5.41) is 0. The first-order chi connectivity index (χ1) is 8.56. The molecule has 1 atom stereocenters. The van der Waals surface area contributed by atoms with Crippen molar-refractivity contribution in [2.75, 3.05) is 5.75 Å². The van der Waals surface area contributed by atoms with Crippen LogP contribution in [0.2, 0.25) is 0 Å². The van der Waals surface area contributed by atoms with Crippen LogP contribution in [-0.4, -0.2) is 17.6 Å². The molecule has 18 heavy (non-hydrogen) atoms. The van der Waals surface area contributed by atoms with Crippen molar-refractivity contribution in [3.8, 4) is 0 Å². The Morgan fingerprint density at radius 2 is 1.94 bits per heavy atom. The lowest BCUT2D eigenvalue weighted by Crippen LogP contribution is -2.24. The number of thioether (sulfide) groups is 1. The molecule has 0 heterocycles. The summed E-state index contributed by atoms with van der Waals surface area (Å²) >= 11 is 1.66. The van der Waals surface area contributed by atoms with Crippen LogP contribution < -0.4 is 11.5 Å². The highest BCUT2D eigenvalue weighted by atomic mass is 32.2. The van der Waals surface area contributed by atoms with Crippen molar-refractivity contribution in [2.24, 2.45) is 11.5 Å². The molecule has 0 spiro atoms. The number of carbonyl (C=O) groups excluding carboxylic acids is 2. The Balaban J connectivity index is 2.97. The van der Waals surface area contributed by atoms with Gasteiger partial charge in [0.25, 0.3) is 0 Å². The number of hydrogen-bond donors (Lipinski definition) is 2. The second-order valence-electron chi connectivity index (χ2n) is 3.93. The first kappa shape index (κ1) is 14.6. The van der Waals surface area contributed by atoms with Gasteiger partial charge in [0.2, 0.25) is 11.8 Å². The molecule has 1 rings (SSSR count). The van der Waals surface area contributed by atoms with Crippen LogP contribution in [0.1, 0.15) is 31.2 Å². The van der Waals surface area contributed by atoms with Crippen molar-refractivity contribution in [1.29, 1.82) is 0 Å². The van der Waals surface area contributed by atoms with E-state index >= 15 is 0 Å². The zero-order chi connectivity index (χ0) is 13.5. The van der Waals surface area contributed by atoms with Crippen molar-refractivity contribution < 1.29 is 9.59 Å². The van der Waals surface area contributed by atoms with Gasteiger partial charge >= 0.3 is 0 Å². The van der Waals surface area contributed by atoms with E-state index in [9.17, 15) is 9.59 Å². The molecule has 0 saturated carbocycles. The van der Waals surface area contributed by atoms with Crippen molar-refractivity contribution in [3.05, 3.63) is 29.8 Å². The van der Waals surface area contributed by atoms with Crippen LogP contribution >= 0.6 is 11.8 Å². The Morgan fingerprint density at radius 3 is 2.50 bits per heavy atom. The van der Waals surface area contributed by atoms with Gasteiger partial charge in [-0.15, -0.1) is 11.8 Å². The average molecular weight is 266 g/mol. The summed E-state index contributed by atoms with van der Waals surface area (Å²) in [6.07, 6.45) is 0.532. The van der Waals surface area contributed by atoms with Crippen LogP contribution in [0.5, 0.6) is 0 Å². The minimum atomic E-state index is -0.451. The highest BCUT2D eigenvalue weighted by Gasteiger charge is 2.21. The lowest BCUT2D eigenvalue weighted by Gasteiger charge is -2.16. The zero-order valence-corrected chi connectivity index (χ0v) is 11.2. The van der Waals surface area contributed by atoms with Crippen LogP contribution in [0.3, 0.4) is 0 Å². The third-order valence-corrected chi connectivity index (χ3v) is 3.59. The molecule has 2 amide bonds. The predicted molar refractivity (Wildman–Crippen MR) is 73.2 cm³/mol. The van der Waals surface area contributed by atoms with E-state index in [4.69, 9.17) is 11.5 Å². The number of hydrogen-bond acceptors (Lipinski definition) is 3. The number of benzene rings is 1. The van der Waals surface area contributed by atoms with Crippen molar-refractivity contribution in [2.45, 2.75) is 30.6 Å². The Labute approximate surface area is 111 Å². The smallest absolute Gasteiger partial charge is 0.225 e. The number of primary amides is 2. The molecule has 0 fully saturated rings. The number of rotatable bonds is 7. The van der Waals surface area contributed by atoms with E-state index in [0.717, 1.165) is 16.2 Å². The van der Waals surface area contributed by atoms with E-state index in [-0.39, 0.29) is 6.42 Å². The topological polar surface area (TPSA) is 86.2 Å². The van der Waals surface area contributed by atoms with Gasteiger partial charge < -0.3 is 11.5 Å². The Kier molecular flexibility index (Phi) is 5.71. The molecule has 0 aromatic heterocycles. The first-order valence-electron chi connectivity index (χ1n) is 5.85. The van der Waals surface area contributed by atoms with Crippen LogP contribution in [0, 0.1) is 0 Å². The van der Waals surface area contributed by atoms with Crippen molar-refractivity contribution in [1.82, 2.24) is 0 Å². The molecule has 1 unspecified atom stereocenters. The minimum absolute atomic E-state index is 0.165. The van der Waals surface area contributed by atoms with E-state index in [1.165, 1.54) is 0 Å². The largest absolute Gasteiger partial charge is 0.370 e. The van der Waals surface area contributed by atoms with Gasteiger partial charge in [-0.1, -0.05) is 25.1 Å². The molecule has 0 aliphatic carbocycles. The Morgan fingerprint density at radius 1 is 1.28 bits per heavy atom. The van der Waals surface area contributed by atoms with Gasteiger partial charge in [0.1, 0.15) is 0 Å².